The van der Waals surface area contributed by atoms with Crippen LogP contribution in [0.1, 0.15) is 28.9 Å². The van der Waals surface area contributed by atoms with Crippen molar-refractivity contribution in [3.05, 3.63) is 125 Å². The molecule has 0 aliphatic carbocycles. The van der Waals surface area contributed by atoms with E-state index in [9.17, 15) is 9.90 Å². The highest BCUT2D eigenvalue weighted by Gasteiger charge is 2.44. The third-order valence-electron chi connectivity index (χ3n) is 6.99. The molecule has 1 saturated heterocycles. The summed E-state index contributed by atoms with van der Waals surface area (Å²) in [4.78, 5) is 18.6. The van der Waals surface area contributed by atoms with Crippen LogP contribution in [0.3, 0.4) is 0 Å². The number of piperidine rings is 1. The zero-order valence-corrected chi connectivity index (χ0v) is 20.8. The predicted octanol–water partition coefficient (Wildman–Crippen LogP) is 3.89. The molecule has 1 fully saturated rings. The van der Waals surface area contributed by atoms with Gasteiger partial charge in [-0.1, -0.05) is 91.0 Å². The second-order valence-electron chi connectivity index (χ2n) is 9.11. The number of hydrogen-bond acceptors (Lipinski definition) is 6. The standard InChI is InChI=1S/C30H30N4O3/c1-37-29(36)21-34-28(31-22-32-34)19-23-20-33(18-17-27(23)35)30(24-11-5-2-6-12-24,25-13-7-3-8-14-25)26-15-9-4-10-16-26/h2-16,19,22,27,35H,17-18,20-21H2,1H3/b23-19-. The van der Waals surface area contributed by atoms with Crippen LogP contribution in [0.5, 0.6) is 0 Å². The number of hydrogen-bond donors (Lipinski definition) is 1. The maximum atomic E-state index is 11.9. The molecule has 0 saturated carbocycles. The van der Waals surface area contributed by atoms with Gasteiger partial charge in [0.1, 0.15) is 12.9 Å². The molecule has 0 bridgehead atoms. The Morgan fingerprint density at radius 3 is 2.03 bits per heavy atom. The van der Waals surface area contributed by atoms with E-state index in [1.807, 2.05) is 24.3 Å². The lowest BCUT2D eigenvalue weighted by molar-refractivity contribution is -0.141. The molecule has 3 aromatic carbocycles. The van der Waals surface area contributed by atoms with Crippen molar-refractivity contribution in [1.29, 1.82) is 0 Å². The molecular formula is C30H30N4O3. The van der Waals surface area contributed by atoms with Crippen LogP contribution in [-0.2, 0) is 21.6 Å². The SMILES string of the molecule is COC(=O)Cn1ncnc1/C=C1/CN(C(c2ccccc2)(c2ccccc2)c2ccccc2)CCC1O. The summed E-state index contributed by atoms with van der Waals surface area (Å²) in [5, 5.41) is 15.2. The molecule has 188 valence electrons. The first-order valence-corrected chi connectivity index (χ1v) is 12.4. The van der Waals surface area contributed by atoms with Crippen molar-refractivity contribution in [2.75, 3.05) is 20.2 Å². The summed E-state index contributed by atoms with van der Waals surface area (Å²) in [6.07, 6.45) is 3.19. The van der Waals surface area contributed by atoms with Crippen molar-refractivity contribution >= 4 is 12.0 Å². The van der Waals surface area contributed by atoms with Crippen LogP contribution in [0.4, 0.5) is 0 Å². The highest BCUT2D eigenvalue weighted by atomic mass is 16.5. The van der Waals surface area contributed by atoms with Gasteiger partial charge in [-0.2, -0.15) is 5.10 Å². The Bertz CT molecular complexity index is 1260. The molecule has 5 rings (SSSR count). The summed E-state index contributed by atoms with van der Waals surface area (Å²) >= 11 is 0. The Balaban J connectivity index is 1.64. The molecule has 0 radical (unpaired) electrons. The number of nitrogens with zero attached hydrogens (tertiary/aromatic N) is 4. The molecule has 1 atom stereocenters. The highest BCUT2D eigenvalue weighted by molar-refractivity contribution is 5.69. The first kappa shape index (κ1) is 24.6. The minimum atomic E-state index is -0.625. The molecule has 0 spiro atoms. The van der Waals surface area contributed by atoms with Crippen LogP contribution in [0, 0.1) is 0 Å². The number of likely N-dealkylation sites (tertiary alicyclic amines) is 1. The summed E-state index contributed by atoms with van der Waals surface area (Å²) in [6.45, 7) is 1.15. The molecule has 2 heterocycles. The molecule has 1 aliphatic heterocycles. The average molecular weight is 495 g/mol. The Labute approximate surface area is 216 Å². The van der Waals surface area contributed by atoms with Gasteiger partial charge in [-0.15, -0.1) is 0 Å². The topological polar surface area (TPSA) is 80.5 Å². The van der Waals surface area contributed by atoms with Gasteiger partial charge in [-0.05, 0) is 34.8 Å². The molecule has 7 heteroatoms. The number of carbonyl (C=O) groups is 1. The fourth-order valence-corrected chi connectivity index (χ4v) is 5.24. The normalized spacial score (nSPS) is 17.6. The van der Waals surface area contributed by atoms with Crippen LogP contribution in [0.25, 0.3) is 6.08 Å². The lowest BCUT2D eigenvalue weighted by Crippen LogP contribution is -2.52. The number of rotatable bonds is 7. The Hall–Kier alpha value is -4.07. The van der Waals surface area contributed by atoms with E-state index in [4.69, 9.17) is 4.74 Å². The number of carbonyl (C=O) groups excluding carboxylic acids is 1. The van der Waals surface area contributed by atoms with E-state index >= 15 is 0 Å². The minimum Gasteiger partial charge on any atom is -0.468 e. The highest BCUT2D eigenvalue weighted by Crippen LogP contribution is 2.44. The summed E-state index contributed by atoms with van der Waals surface area (Å²) in [7, 11) is 1.34. The Morgan fingerprint density at radius 2 is 1.51 bits per heavy atom. The fraction of sp³-hybridized carbons (Fsp3) is 0.233. The largest absolute Gasteiger partial charge is 0.468 e. The van der Waals surface area contributed by atoms with Crippen molar-refractivity contribution < 1.29 is 14.6 Å². The van der Waals surface area contributed by atoms with Gasteiger partial charge in [-0.25, -0.2) is 9.67 Å². The maximum absolute atomic E-state index is 11.9. The average Bonchev–Trinajstić information content (AvgIpc) is 3.38. The van der Waals surface area contributed by atoms with E-state index in [0.717, 1.165) is 22.3 Å². The van der Waals surface area contributed by atoms with Crippen LogP contribution >= 0.6 is 0 Å². The van der Waals surface area contributed by atoms with Gasteiger partial charge in [0.25, 0.3) is 0 Å². The van der Waals surface area contributed by atoms with Crippen molar-refractivity contribution in [3.8, 4) is 0 Å². The van der Waals surface area contributed by atoms with E-state index in [-0.39, 0.29) is 6.54 Å². The number of methoxy groups -OCH3 is 1. The quantitative estimate of drug-likeness (QED) is 0.310. The van der Waals surface area contributed by atoms with Gasteiger partial charge in [-0.3, -0.25) is 9.69 Å². The maximum Gasteiger partial charge on any atom is 0.327 e. The molecule has 37 heavy (non-hydrogen) atoms. The van der Waals surface area contributed by atoms with Crippen molar-refractivity contribution in [2.45, 2.75) is 24.6 Å². The van der Waals surface area contributed by atoms with Crippen LogP contribution in [-0.4, -0.2) is 57.0 Å². The third kappa shape index (κ3) is 4.83. The van der Waals surface area contributed by atoms with Gasteiger partial charge in [0.15, 0.2) is 5.82 Å². The monoisotopic (exact) mass is 494 g/mol. The van der Waals surface area contributed by atoms with Crippen LogP contribution < -0.4 is 0 Å². The van der Waals surface area contributed by atoms with Crippen LogP contribution in [0.2, 0.25) is 0 Å². The van der Waals surface area contributed by atoms with Gasteiger partial charge in [0.2, 0.25) is 0 Å². The van der Waals surface area contributed by atoms with E-state index < -0.39 is 17.6 Å². The van der Waals surface area contributed by atoms with Gasteiger partial charge >= 0.3 is 5.97 Å². The molecule has 1 aliphatic rings. The van der Waals surface area contributed by atoms with Gasteiger partial charge in [0, 0.05) is 13.1 Å². The van der Waals surface area contributed by atoms with E-state index in [2.05, 4.69) is 87.8 Å². The third-order valence-corrected chi connectivity index (χ3v) is 6.99. The van der Waals surface area contributed by atoms with Crippen LogP contribution in [0.15, 0.2) is 103 Å². The lowest BCUT2D eigenvalue weighted by Gasteiger charge is -2.48. The number of esters is 1. The Kier molecular flexibility index (Phi) is 7.25. The zero-order valence-electron chi connectivity index (χ0n) is 20.8. The second-order valence-corrected chi connectivity index (χ2v) is 9.11. The number of aliphatic hydroxyl groups is 1. The molecule has 0 amide bonds. The summed E-state index contributed by atoms with van der Waals surface area (Å²) in [6, 6.07) is 31.5. The molecule has 1 aromatic heterocycles. The van der Waals surface area contributed by atoms with Gasteiger partial charge in [0.05, 0.1) is 18.8 Å². The molecule has 1 unspecified atom stereocenters. The first-order chi connectivity index (χ1) is 18.1. The summed E-state index contributed by atoms with van der Waals surface area (Å²) in [5.74, 6) is 0.0956. The number of aliphatic hydroxyl groups excluding tert-OH is 1. The smallest absolute Gasteiger partial charge is 0.327 e. The summed E-state index contributed by atoms with van der Waals surface area (Å²) < 4.78 is 6.28. The first-order valence-electron chi connectivity index (χ1n) is 12.4. The fourth-order valence-electron chi connectivity index (χ4n) is 5.24. The minimum absolute atomic E-state index is 0.0442. The van der Waals surface area contributed by atoms with Crippen molar-refractivity contribution in [2.24, 2.45) is 0 Å². The van der Waals surface area contributed by atoms with E-state index in [0.29, 0.717) is 25.3 Å². The second kappa shape index (κ2) is 10.9. The zero-order chi connectivity index (χ0) is 25.7. The van der Waals surface area contributed by atoms with Crippen molar-refractivity contribution in [3.63, 3.8) is 0 Å². The number of aromatic nitrogens is 3. The van der Waals surface area contributed by atoms with Gasteiger partial charge < -0.3 is 9.84 Å². The summed E-state index contributed by atoms with van der Waals surface area (Å²) in [5.41, 5.74) is 3.69. The number of ether oxygens (including phenoxy) is 1. The molecule has 1 N–H and O–H groups in total. The molecule has 7 nitrogen and oxygen atoms in total. The van der Waals surface area contributed by atoms with E-state index in [1.54, 1.807) is 0 Å². The number of benzene rings is 3. The van der Waals surface area contributed by atoms with Crippen molar-refractivity contribution in [1.82, 2.24) is 19.7 Å². The molecular weight excluding hydrogens is 464 g/mol. The lowest BCUT2D eigenvalue weighted by atomic mass is 9.74. The molecule has 4 aromatic rings. The predicted molar refractivity (Wildman–Crippen MR) is 141 cm³/mol. The Morgan fingerprint density at radius 1 is 0.973 bits per heavy atom. The van der Waals surface area contributed by atoms with E-state index in [1.165, 1.54) is 18.1 Å².